The molecular weight excluding hydrogens is 407 g/mol. The maximum atomic E-state index is 13.3. The molecule has 0 radical (unpaired) electrons. The monoisotopic (exact) mass is 428 g/mol. The summed E-state index contributed by atoms with van der Waals surface area (Å²) in [5.41, 5.74) is 1.01. The smallest absolute Gasteiger partial charge is 0.243 e. The topological polar surface area (TPSA) is 75.6 Å². The maximum Gasteiger partial charge on any atom is 0.243 e. The zero-order chi connectivity index (χ0) is 21.1. The molecule has 1 aliphatic heterocycles. The first kappa shape index (κ1) is 20.2. The van der Waals surface area contributed by atoms with Gasteiger partial charge in [-0.1, -0.05) is 23.8 Å². The van der Waals surface area contributed by atoms with Crippen molar-refractivity contribution in [2.24, 2.45) is 0 Å². The van der Waals surface area contributed by atoms with Gasteiger partial charge in [-0.3, -0.25) is 0 Å². The number of ether oxygens (including phenoxy) is 1. The van der Waals surface area contributed by atoms with Gasteiger partial charge < -0.3 is 9.64 Å². The zero-order valence-electron chi connectivity index (χ0n) is 16.4. The lowest BCUT2D eigenvalue weighted by molar-refractivity contribution is 0.383. The molecule has 0 spiro atoms. The first-order valence-corrected chi connectivity index (χ1v) is 10.9. The van der Waals surface area contributed by atoms with Crippen molar-refractivity contribution in [1.82, 2.24) is 14.3 Å². The summed E-state index contributed by atoms with van der Waals surface area (Å²) >= 11 is 0. The van der Waals surface area contributed by atoms with Crippen LogP contribution in [0.25, 0.3) is 0 Å². The van der Waals surface area contributed by atoms with Crippen molar-refractivity contribution in [2.45, 2.75) is 11.8 Å². The van der Waals surface area contributed by atoms with Gasteiger partial charge in [0.05, 0.1) is 4.90 Å². The van der Waals surface area contributed by atoms with Crippen molar-refractivity contribution in [2.75, 3.05) is 31.1 Å². The molecule has 2 heterocycles. The number of nitrogens with zero attached hydrogens (tertiary/aromatic N) is 4. The van der Waals surface area contributed by atoms with Crippen molar-refractivity contribution in [3.05, 3.63) is 72.3 Å². The molecule has 0 bridgehead atoms. The number of sulfonamides is 1. The van der Waals surface area contributed by atoms with E-state index in [4.69, 9.17) is 4.74 Å². The Morgan fingerprint density at radius 2 is 1.70 bits per heavy atom. The van der Waals surface area contributed by atoms with Crippen molar-refractivity contribution in [3.63, 3.8) is 0 Å². The number of aryl methyl sites for hydroxylation is 1. The third kappa shape index (κ3) is 4.42. The van der Waals surface area contributed by atoms with Crippen molar-refractivity contribution in [3.8, 4) is 11.6 Å². The molecule has 0 aliphatic carbocycles. The Labute approximate surface area is 174 Å². The Kier molecular flexibility index (Phi) is 5.65. The number of halogens is 1. The average molecular weight is 428 g/mol. The number of rotatable bonds is 5. The van der Waals surface area contributed by atoms with Crippen LogP contribution in [0.4, 0.5) is 10.2 Å². The van der Waals surface area contributed by atoms with E-state index in [1.165, 1.54) is 22.8 Å². The molecule has 4 rings (SSSR count). The molecule has 156 valence electrons. The molecule has 2 aromatic carbocycles. The van der Waals surface area contributed by atoms with Crippen LogP contribution in [-0.4, -0.2) is 48.9 Å². The van der Waals surface area contributed by atoms with Gasteiger partial charge in [-0.05, 0) is 31.2 Å². The van der Waals surface area contributed by atoms with Crippen molar-refractivity contribution < 1.29 is 17.5 Å². The minimum Gasteiger partial charge on any atom is -0.439 e. The summed E-state index contributed by atoms with van der Waals surface area (Å²) in [5, 5.41) is 0. The third-order valence-corrected chi connectivity index (χ3v) is 6.78. The first-order valence-electron chi connectivity index (χ1n) is 9.49. The standard InChI is InChI=1S/C21H21FN4O3S/c1-16-5-7-19(8-6-16)30(27,28)26-11-9-25(10-12-26)20-14-21(24-15-23-20)29-18-4-2-3-17(22)13-18/h2-8,13-15H,9-12H2,1H3. The van der Waals surface area contributed by atoms with E-state index in [1.54, 1.807) is 42.5 Å². The van der Waals surface area contributed by atoms with Gasteiger partial charge in [0, 0.05) is 38.3 Å². The number of hydrogen-bond donors (Lipinski definition) is 0. The van der Waals surface area contributed by atoms with Crippen LogP contribution >= 0.6 is 0 Å². The van der Waals surface area contributed by atoms with Crippen LogP contribution in [0.3, 0.4) is 0 Å². The predicted octanol–water partition coefficient (Wildman–Crippen LogP) is 3.23. The molecule has 1 aromatic heterocycles. The van der Waals surface area contributed by atoms with E-state index in [-0.39, 0.29) is 0 Å². The van der Waals surface area contributed by atoms with Gasteiger partial charge in [0.1, 0.15) is 23.7 Å². The highest BCUT2D eigenvalue weighted by Gasteiger charge is 2.29. The van der Waals surface area contributed by atoms with E-state index in [0.29, 0.717) is 48.5 Å². The summed E-state index contributed by atoms with van der Waals surface area (Å²) < 4.78 is 46.2. The van der Waals surface area contributed by atoms with Crippen LogP contribution in [0.2, 0.25) is 0 Å². The Morgan fingerprint density at radius 1 is 0.967 bits per heavy atom. The molecule has 9 heteroatoms. The van der Waals surface area contributed by atoms with E-state index in [9.17, 15) is 12.8 Å². The van der Waals surface area contributed by atoms with Gasteiger partial charge in [-0.15, -0.1) is 0 Å². The van der Waals surface area contributed by atoms with Crippen LogP contribution in [0.5, 0.6) is 11.6 Å². The quantitative estimate of drug-likeness (QED) is 0.621. The summed E-state index contributed by atoms with van der Waals surface area (Å²) in [4.78, 5) is 10.6. The summed E-state index contributed by atoms with van der Waals surface area (Å²) in [6.07, 6.45) is 1.37. The zero-order valence-corrected chi connectivity index (χ0v) is 17.2. The number of anilines is 1. The summed E-state index contributed by atoms with van der Waals surface area (Å²) in [5.74, 6) is 0.866. The van der Waals surface area contributed by atoms with Crippen LogP contribution in [-0.2, 0) is 10.0 Å². The van der Waals surface area contributed by atoms with Crippen LogP contribution in [0, 0.1) is 12.7 Å². The fraction of sp³-hybridized carbons (Fsp3) is 0.238. The van der Waals surface area contributed by atoms with Gasteiger partial charge in [0.2, 0.25) is 15.9 Å². The molecule has 0 N–H and O–H groups in total. The molecule has 0 saturated carbocycles. The molecule has 0 unspecified atom stereocenters. The van der Waals surface area contributed by atoms with E-state index in [0.717, 1.165) is 5.56 Å². The molecular formula is C21H21FN4O3S. The maximum absolute atomic E-state index is 13.3. The number of aromatic nitrogens is 2. The van der Waals surface area contributed by atoms with Crippen LogP contribution < -0.4 is 9.64 Å². The van der Waals surface area contributed by atoms with Gasteiger partial charge in [-0.25, -0.2) is 22.8 Å². The Morgan fingerprint density at radius 3 is 2.40 bits per heavy atom. The molecule has 30 heavy (non-hydrogen) atoms. The Hall–Kier alpha value is -3.04. The lowest BCUT2D eigenvalue weighted by atomic mass is 10.2. The SMILES string of the molecule is Cc1ccc(S(=O)(=O)N2CCN(c3cc(Oc4cccc(F)c4)ncn3)CC2)cc1. The van der Waals surface area contributed by atoms with Crippen molar-refractivity contribution >= 4 is 15.8 Å². The van der Waals surface area contributed by atoms with Gasteiger partial charge >= 0.3 is 0 Å². The minimum absolute atomic E-state index is 0.292. The molecule has 1 saturated heterocycles. The molecule has 1 fully saturated rings. The highest BCUT2D eigenvalue weighted by Crippen LogP contribution is 2.24. The van der Waals surface area contributed by atoms with Gasteiger partial charge in [0.25, 0.3) is 0 Å². The van der Waals surface area contributed by atoms with Gasteiger partial charge in [0.15, 0.2) is 0 Å². The normalized spacial score (nSPS) is 15.2. The second kappa shape index (κ2) is 8.37. The third-order valence-electron chi connectivity index (χ3n) is 4.87. The van der Waals surface area contributed by atoms with E-state index in [1.807, 2.05) is 11.8 Å². The number of benzene rings is 2. The molecule has 3 aromatic rings. The van der Waals surface area contributed by atoms with E-state index >= 15 is 0 Å². The molecule has 0 amide bonds. The molecule has 0 atom stereocenters. The highest BCUT2D eigenvalue weighted by atomic mass is 32.2. The lowest BCUT2D eigenvalue weighted by Crippen LogP contribution is -2.48. The van der Waals surface area contributed by atoms with E-state index in [2.05, 4.69) is 9.97 Å². The van der Waals surface area contributed by atoms with Crippen LogP contribution in [0.1, 0.15) is 5.56 Å². The first-order chi connectivity index (χ1) is 14.4. The second-order valence-corrected chi connectivity index (χ2v) is 8.92. The number of hydrogen-bond acceptors (Lipinski definition) is 6. The fourth-order valence-corrected chi connectivity index (χ4v) is 4.65. The van der Waals surface area contributed by atoms with Crippen molar-refractivity contribution in [1.29, 1.82) is 0 Å². The summed E-state index contributed by atoms with van der Waals surface area (Å²) in [6, 6.07) is 14.3. The summed E-state index contributed by atoms with van der Waals surface area (Å²) in [7, 11) is -3.52. The Bertz CT molecular complexity index is 1130. The Balaban J connectivity index is 1.43. The largest absolute Gasteiger partial charge is 0.439 e. The second-order valence-electron chi connectivity index (χ2n) is 6.98. The lowest BCUT2D eigenvalue weighted by Gasteiger charge is -2.34. The van der Waals surface area contributed by atoms with E-state index < -0.39 is 15.8 Å². The average Bonchev–Trinajstić information content (AvgIpc) is 2.74. The predicted molar refractivity (Wildman–Crippen MR) is 111 cm³/mol. The van der Waals surface area contributed by atoms with Gasteiger partial charge in [-0.2, -0.15) is 4.31 Å². The molecule has 7 nitrogen and oxygen atoms in total. The highest BCUT2D eigenvalue weighted by molar-refractivity contribution is 7.89. The molecule has 1 aliphatic rings. The minimum atomic E-state index is -3.52. The van der Waals surface area contributed by atoms with Crippen LogP contribution in [0.15, 0.2) is 65.8 Å². The number of piperazine rings is 1. The summed E-state index contributed by atoms with van der Waals surface area (Å²) in [6.45, 7) is 3.59. The fourth-order valence-electron chi connectivity index (χ4n) is 3.23.